The van der Waals surface area contributed by atoms with Gasteiger partial charge in [-0.25, -0.2) is 0 Å². The van der Waals surface area contributed by atoms with Gasteiger partial charge in [0.05, 0.1) is 0 Å². The van der Waals surface area contributed by atoms with Crippen LogP contribution >= 0.6 is 0 Å². The van der Waals surface area contributed by atoms with E-state index in [1.807, 2.05) is 0 Å². The molecule has 0 spiro atoms. The van der Waals surface area contributed by atoms with Gasteiger partial charge in [-0.2, -0.15) is 0 Å². The van der Waals surface area contributed by atoms with Crippen LogP contribution in [0.5, 0.6) is 0 Å². The monoisotopic (exact) mass is 420 g/mol. The zero-order chi connectivity index (χ0) is 22.7. The summed E-state index contributed by atoms with van der Waals surface area (Å²) in [5.41, 5.74) is 0.564. The number of rotatable bonds is 15. The van der Waals surface area contributed by atoms with Crippen LogP contribution in [0.15, 0.2) is 0 Å². The van der Waals surface area contributed by atoms with Gasteiger partial charge in [0.2, 0.25) is 0 Å². The van der Waals surface area contributed by atoms with Crippen molar-refractivity contribution in [3.8, 4) is 0 Å². The van der Waals surface area contributed by atoms with Gasteiger partial charge >= 0.3 is 0 Å². The highest BCUT2D eigenvalue weighted by Crippen LogP contribution is 2.51. The molecule has 0 heterocycles. The SMILES string of the molecule is CCC(C)CCCC(C)(CCCC(C)CCCC(C)C)C1CC(C)CCC1C(C)C. The first-order valence-corrected chi connectivity index (χ1v) is 14.1. The van der Waals surface area contributed by atoms with Gasteiger partial charge in [-0.05, 0) is 72.5 Å². The lowest BCUT2D eigenvalue weighted by Crippen LogP contribution is -2.39. The highest BCUT2D eigenvalue weighted by Gasteiger charge is 2.42. The molecule has 0 aromatic heterocycles. The predicted molar refractivity (Wildman–Crippen MR) is 138 cm³/mol. The van der Waals surface area contributed by atoms with Crippen molar-refractivity contribution >= 4 is 0 Å². The van der Waals surface area contributed by atoms with Gasteiger partial charge in [0, 0.05) is 0 Å². The van der Waals surface area contributed by atoms with E-state index in [9.17, 15) is 0 Å². The summed E-state index contributed by atoms with van der Waals surface area (Å²) in [5.74, 6) is 6.39. The molecule has 1 aliphatic rings. The molecule has 1 saturated carbocycles. The van der Waals surface area contributed by atoms with Crippen LogP contribution in [0, 0.1) is 46.8 Å². The summed E-state index contributed by atoms with van der Waals surface area (Å²) in [6.07, 6.45) is 18.8. The van der Waals surface area contributed by atoms with Crippen molar-refractivity contribution in [2.24, 2.45) is 46.8 Å². The molecule has 1 fully saturated rings. The third kappa shape index (κ3) is 10.1. The topological polar surface area (TPSA) is 0 Å². The summed E-state index contributed by atoms with van der Waals surface area (Å²) in [4.78, 5) is 0. The first-order valence-electron chi connectivity index (χ1n) is 14.1. The fourth-order valence-corrected chi connectivity index (χ4v) is 6.43. The molecule has 0 bridgehead atoms. The van der Waals surface area contributed by atoms with E-state index in [0.29, 0.717) is 5.41 Å². The molecule has 6 atom stereocenters. The minimum Gasteiger partial charge on any atom is -0.0651 e. The van der Waals surface area contributed by atoms with Gasteiger partial charge in [-0.3, -0.25) is 0 Å². The van der Waals surface area contributed by atoms with Gasteiger partial charge in [0.15, 0.2) is 0 Å². The molecule has 0 nitrogen and oxygen atoms in total. The minimum absolute atomic E-state index is 0.564. The van der Waals surface area contributed by atoms with E-state index in [4.69, 9.17) is 0 Å². The lowest BCUT2D eigenvalue weighted by atomic mass is 9.57. The maximum atomic E-state index is 2.71. The Labute approximate surface area is 192 Å². The van der Waals surface area contributed by atoms with Crippen LogP contribution in [-0.2, 0) is 0 Å². The van der Waals surface area contributed by atoms with Crippen LogP contribution in [-0.4, -0.2) is 0 Å². The van der Waals surface area contributed by atoms with E-state index >= 15 is 0 Å². The molecule has 0 heteroatoms. The molecular formula is C30H60. The van der Waals surface area contributed by atoms with E-state index in [-0.39, 0.29) is 0 Å². The van der Waals surface area contributed by atoms with E-state index in [0.717, 1.165) is 41.4 Å². The summed E-state index contributed by atoms with van der Waals surface area (Å²) in [6.45, 7) is 22.3. The number of hydrogen-bond donors (Lipinski definition) is 0. The Balaban J connectivity index is 2.74. The Morgan fingerprint density at radius 3 is 1.87 bits per heavy atom. The first-order chi connectivity index (χ1) is 14.1. The molecule has 1 aliphatic carbocycles. The largest absolute Gasteiger partial charge is 0.0651 e. The van der Waals surface area contributed by atoms with Crippen LogP contribution in [0.25, 0.3) is 0 Å². The van der Waals surface area contributed by atoms with Crippen LogP contribution in [0.1, 0.15) is 146 Å². The highest BCUT2D eigenvalue weighted by atomic mass is 14.5. The van der Waals surface area contributed by atoms with Crippen LogP contribution in [0.2, 0.25) is 0 Å². The Morgan fingerprint density at radius 2 is 1.33 bits per heavy atom. The second kappa shape index (κ2) is 14.2. The molecule has 180 valence electrons. The Morgan fingerprint density at radius 1 is 0.767 bits per heavy atom. The standard InChI is InChI=1S/C30H60/c1-10-25(6)16-12-20-30(9,21-13-17-26(7)15-11-14-23(2)3)29-22-27(8)18-19-28(29)24(4)5/h23-29H,10-22H2,1-9H3. The van der Waals surface area contributed by atoms with Gasteiger partial charge < -0.3 is 0 Å². The third-order valence-electron chi connectivity index (χ3n) is 8.98. The quantitative estimate of drug-likeness (QED) is 0.247. The van der Waals surface area contributed by atoms with Crippen molar-refractivity contribution in [2.45, 2.75) is 146 Å². The zero-order valence-electron chi connectivity index (χ0n) is 22.7. The van der Waals surface area contributed by atoms with E-state index in [2.05, 4.69) is 62.3 Å². The fourth-order valence-electron chi connectivity index (χ4n) is 6.43. The maximum Gasteiger partial charge on any atom is -0.0295 e. The summed E-state index contributed by atoms with van der Waals surface area (Å²) >= 11 is 0. The van der Waals surface area contributed by atoms with Crippen molar-refractivity contribution in [1.82, 2.24) is 0 Å². The van der Waals surface area contributed by atoms with E-state index in [1.165, 1.54) is 83.5 Å². The van der Waals surface area contributed by atoms with Gasteiger partial charge in [0.25, 0.3) is 0 Å². The van der Waals surface area contributed by atoms with Crippen molar-refractivity contribution in [3.63, 3.8) is 0 Å². The van der Waals surface area contributed by atoms with Crippen molar-refractivity contribution in [3.05, 3.63) is 0 Å². The Hall–Kier alpha value is 0. The maximum absolute atomic E-state index is 2.71. The van der Waals surface area contributed by atoms with Gasteiger partial charge in [-0.1, -0.05) is 120 Å². The zero-order valence-corrected chi connectivity index (χ0v) is 22.7. The van der Waals surface area contributed by atoms with Crippen molar-refractivity contribution in [1.29, 1.82) is 0 Å². The fraction of sp³-hybridized carbons (Fsp3) is 1.00. The van der Waals surface area contributed by atoms with Crippen molar-refractivity contribution in [2.75, 3.05) is 0 Å². The average molecular weight is 421 g/mol. The summed E-state index contributed by atoms with van der Waals surface area (Å²) in [6, 6.07) is 0. The molecule has 0 radical (unpaired) electrons. The molecule has 0 aliphatic heterocycles. The normalized spacial score (nSPS) is 26.7. The first kappa shape index (κ1) is 28.0. The average Bonchev–Trinajstić information content (AvgIpc) is 2.67. The molecular weight excluding hydrogens is 360 g/mol. The molecule has 0 saturated heterocycles. The molecule has 6 unspecified atom stereocenters. The summed E-state index contributed by atoms with van der Waals surface area (Å²) < 4.78 is 0. The van der Waals surface area contributed by atoms with Crippen LogP contribution < -0.4 is 0 Å². The Kier molecular flexibility index (Phi) is 13.3. The third-order valence-corrected chi connectivity index (χ3v) is 8.98. The molecule has 0 amide bonds. The smallest absolute Gasteiger partial charge is 0.0295 e. The second-order valence-electron chi connectivity index (χ2n) is 12.8. The summed E-state index contributed by atoms with van der Waals surface area (Å²) in [5, 5.41) is 0. The molecule has 1 rings (SSSR count). The molecule has 0 aromatic rings. The molecule has 0 aromatic carbocycles. The van der Waals surface area contributed by atoms with Crippen LogP contribution in [0.4, 0.5) is 0 Å². The predicted octanol–water partition coefficient (Wildman–Crippen LogP) is 10.6. The highest BCUT2D eigenvalue weighted by molar-refractivity contribution is 4.92. The molecule has 30 heavy (non-hydrogen) atoms. The summed E-state index contributed by atoms with van der Waals surface area (Å²) in [7, 11) is 0. The van der Waals surface area contributed by atoms with Crippen molar-refractivity contribution < 1.29 is 0 Å². The van der Waals surface area contributed by atoms with Crippen LogP contribution in [0.3, 0.4) is 0 Å². The second-order valence-corrected chi connectivity index (χ2v) is 12.8. The van der Waals surface area contributed by atoms with E-state index < -0.39 is 0 Å². The van der Waals surface area contributed by atoms with Gasteiger partial charge in [-0.15, -0.1) is 0 Å². The lowest BCUT2D eigenvalue weighted by molar-refractivity contribution is 0.0142. The lowest BCUT2D eigenvalue weighted by Gasteiger charge is -2.48. The van der Waals surface area contributed by atoms with E-state index in [1.54, 1.807) is 0 Å². The minimum atomic E-state index is 0.564. The molecule has 0 N–H and O–H groups in total. The number of hydrogen-bond acceptors (Lipinski definition) is 0. The Bertz CT molecular complexity index is 422. The van der Waals surface area contributed by atoms with Gasteiger partial charge in [0.1, 0.15) is 0 Å².